The minimum atomic E-state index is -1.09. The number of carbonyl (C=O) groups excluding carboxylic acids is 1. The molecule has 2 aromatic rings. The lowest BCUT2D eigenvalue weighted by Gasteiger charge is -2.28. The Morgan fingerprint density at radius 2 is 1.96 bits per heavy atom. The molecule has 3 rings (SSSR count). The van der Waals surface area contributed by atoms with Gasteiger partial charge in [0.25, 0.3) is 0 Å². The number of nitrogens with one attached hydrogen (secondary N) is 1. The molecular formula is C22H22N2O4. The van der Waals surface area contributed by atoms with Gasteiger partial charge in [-0.05, 0) is 30.7 Å². The Bertz CT molecular complexity index is 934. The second-order valence-electron chi connectivity index (χ2n) is 6.28. The van der Waals surface area contributed by atoms with E-state index in [9.17, 15) is 14.7 Å². The Labute approximate surface area is 163 Å². The molecule has 2 aromatic carbocycles. The first kappa shape index (κ1) is 19.2. The van der Waals surface area contributed by atoms with Crippen LogP contribution in [0.2, 0.25) is 0 Å². The number of methoxy groups -OCH3 is 1. The maximum atomic E-state index is 12.4. The molecule has 1 amide bonds. The summed E-state index contributed by atoms with van der Waals surface area (Å²) < 4.78 is 5.52. The fraction of sp³-hybridized carbons (Fsp3) is 0.182. The van der Waals surface area contributed by atoms with Gasteiger partial charge in [0.1, 0.15) is 5.75 Å². The summed E-state index contributed by atoms with van der Waals surface area (Å²) in [5.74, 6) is -0.747. The standard InChI is InChI=1S/C22H22N2O4/c1-28-19-11-7-8-16(21(19)24-14-5-2-6-15-24)12-13-20(25)23-18-10-4-3-9-17(18)22(26)27/h2-5,7-13H,6,14-15H2,1H3,(H,23,25)(H,26,27)/b13-12+. The van der Waals surface area contributed by atoms with Crippen LogP contribution in [0.3, 0.4) is 0 Å². The van der Waals surface area contributed by atoms with Gasteiger partial charge >= 0.3 is 5.97 Å². The number of hydrogen-bond donors (Lipinski definition) is 2. The van der Waals surface area contributed by atoms with E-state index < -0.39 is 11.9 Å². The lowest BCUT2D eigenvalue weighted by molar-refractivity contribution is -0.111. The molecule has 0 saturated heterocycles. The molecule has 0 spiro atoms. The number of ether oxygens (including phenoxy) is 1. The van der Waals surface area contributed by atoms with Crippen molar-refractivity contribution in [3.63, 3.8) is 0 Å². The number of nitrogens with zero attached hydrogens (tertiary/aromatic N) is 1. The minimum Gasteiger partial charge on any atom is -0.495 e. The van der Waals surface area contributed by atoms with Gasteiger partial charge in [-0.3, -0.25) is 4.79 Å². The Kier molecular flexibility index (Phi) is 6.11. The van der Waals surface area contributed by atoms with Gasteiger partial charge in [-0.15, -0.1) is 0 Å². The zero-order valence-corrected chi connectivity index (χ0v) is 15.6. The molecule has 1 aliphatic heterocycles. The van der Waals surface area contributed by atoms with Gasteiger partial charge in [0.2, 0.25) is 5.91 Å². The predicted molar refractivity (Wildman–Crippen MR) is 110 cm³/mol. The number of para-hydroxylation sites is 2. The van der Waals surface area contributed by atoms with Crippen molar-refractivity contribution in [1.82, 2.24) is 0 Å². The predicted octanol–water partition coefficient (Wildman–Crippen LogP) is 3.81. The highest BCUT2D eigenvalue weighted by atomic mass is 16.5. The van der Waals surface area contributed by atoms with Gasteiger partial charge in [0.05, 0.1) is 24.0 Å². The van der Waals surface area contributed by atoms with E-state index in [1.165, 1.54) is 12.1 Å². The van der Waals surface area contributed by atoms with Crippen LogP contribution in [0.25, 0.3) is 6.08 Å². The van der Waals surface area contributed by atoms with Gasteiger partial charge in [-0.1, -0.05) is 36.4 Å². The second-order valence-corrected chi connectivity index (χ2v) is 6.28. The first-order chi connectivity index (χ1) is 13.6. The number of carbonyl (C=O) groups is 2. The normalized spacial score (nSPS) is 13.5. The number of anilines is 2. The largest absolute Gasteiger partial charge is 0.495 e. The van der Waals surface area contributed by atoms with E-state index in [1.54, 1.807) is 31.4 Å². The third kappa shape index (κ3) is 4.40. The summed E-state index contributed by atoms with van der Waals surface area (Å²) in [5.41, 5.74) is 2.10. The van der Waals surface area contributed by atoms with Crippen molar-refractivity contribution in [3.05, 3.63) is 71.8 Å². The van der Waals surface area contributed by atoms with Gasteiger partial charge in [-0.2, -0.15) is 0 Å². The molecule has 0 unspecified atom stereocenters. The number of amides is 1. The molecule has 0 radical (unpaired) electrons. The summed E-state index contributed by atoms with van der Waals surface area (Å²) in [6.07, 6.45) is 8.33. The summed E-state index contributed by atoms with van der Waals surface area (Å²) >= 11 is 0. The zero-order valence-electron chi connectivity index (χ0n) is 15.6. The highest BCUT2D eigenvalue weighted by Gasteiger charge is 2.16. The SMILES string of the molecule is COc1cccc(/C=C/C(=O)Nc2ccccc2C(=O)O)c1N1CC=CCC1. The molecule has 2 N–H and O–H groups in total. The summed E-state index contributed by atoms with van der Waals surface area (Å²) in [4.78, 5) is 25.8. The third-order valence-electron chi connectivity index (χ3n) is 4.45. The van der Waals surface area contributed by atoms with E-state index in [0.29, 0.717) is 0 Å². The van der Waals surface area contributed by atoms with Crippen LogP contribution in [0, 0.1) is 0 Å². The molecule has 6 nitrogen and oxygen atoms in total. The molecule has 1 aliphatic rings. The number of carboxylic acids is 1. The molecule has 0 atom stereocenters. The van der Waals surface area contributed by atoms with Crippen LogP contribution < -0.4 is 15.0 Å². The zero-order chi connectivity index (χ0) is 19.9. The van der Waals surface area contributed by atoms with Crippen LogP contribution in [0.4, 0.5) is 11.4 Å². The van der Waals surface area contributed by atoms with Crippen LogP contribution in [-0.4, -0.2) is 37.2 Å². The topological polar surface area (TPSA) is 78.9 Å². The summed E-state index contributed by atoms with van der Waals surface area (Å²) in [7, 11) is 1.63. The van der Waals surface area contributed by atoms with E-state index in [0.717, 1.165) is 36.5 Å². The lowest BCUT2D eigenvalue weighted by atomic mass is 10.1. The number of aromatic carboxylic acids is 1. The smallest absolute Gasteiger partial charge is 0.337 e. The molecule has 0 saturated carbocycles. The van der Waals surface area contributed by atoms with E-state index in [1.807, 2.05) is 18.2 Å². The molecule has 144 valence electrons. The Hall–Kier alpha value is -3.54. The Balaban J connectivity index is 1.83. The summed E-state index contributed by atoms with van der Waals surface area (Å²) in [6, 6.07) is 12.0. The van der Waals surface area contributed by atoms with Gasteiger partial charge < -0.3 is 20.1 Å². The molecule has 28 heavy (non-hydrogen) atoms. The molecule has 6 heteroatoms. The fourth-order valence-electron chi connectivity index (χ4n) is 3.14. The van der Waals surface area contributed by atoms with Crippen LogP contribution >= 0.6 is 0 Å². The molecule has 0 aliphatic carbocycles. The maximum absolute atomic E-state index is 12.4. The number of carboxylic acid groups (broad SMARTS) is 1. The molecular weight excluding hydrogens is 356 g/mol. The van der Waals surface area contributed by atoms with Crippen LogP contribution in [0.5, 0.6) is 5.75 Å². The highest BCUT2D eigenvalue weighted by molar-refractivity contribution is 6.06. The quantitative estimate of drug-likeness (QED) is 0.590. The fourth-order valence-corrected chi connectivity index (χ4v) is 3.14. The molecule has 0 fully saturated rings. The monoisotopic (exact) mass is 378 g/mol. The van der Waals surface area contributed by atoms with Crippen molar-refractivity contribution in [2.45, 2.75) is 6.42 Å². The van der Waals surface area contributed by atoms with E-state index >= 15 is 0 Å². The van der Waals surface area contributed by atoms with Crippen molar-refractivity contribution in [2.75, 3.05) is 30.4 Å². The van der Waals surface area contributed by atoms with Crippen molar-refractivity contribution in [2.24, 2.45) is 0 Å². The lowest BCUT2D eigenvalue weighted by Crippen LogP contribution is -2.27. The van der Waals surface area contributed by atoms with E-state index in [-0.39, 0.29) is 11.3 Å². The number of hydrogen-bond acceptors (Lipinski definition) is 4. The Morgan fingerprint density at radius 1 is 1.14 bits per heavy atom. The van der Waals surface area contributed by atoms with Crippen molar-refractivity contribution in [3.8, 4) is 5.75 Å². The highest BCUT2D eigenvalue weighted by Crippen LogP contribution is 2.34. The van der Waals surface area contributed by atoms with Crippen LogP contribution in [0.15, 0.2) is 60.7 Å². The van der Waals surface area contributed by atoms with Crippen molar-refractivity contribution < 1.29 is 19.4 Å². The van der Waals surface area contributed by atoms with E-state index in [2.05, 4.69) is 22.4 Å². The minimum absolute atomic E-state index is 0.0476. The molecule has 0 aromatic heterocycles. The first-order valence-electron chi connectivity index (χ1n) is 8.98. The van der Waals surface area contributed by atoms with Gasteiger partial charge in [-0.25, -0.2) is 4.79 Å². The van der Waals surface area contributed by atoms with Crippen LogP contribution in [-0.2, 0) is 4.79 Å². The molecule has 1 heterocycles. The van der Waals surface area contributed by atoms with Crippen LogP contribution in [0.1, 0.15) is 22.3 Å². The first-order valence-corrected chi connectivity index (χ1v) is 8.98. The number of benzene rings is 2. The maximum Gasteiger partial charge on any atom is 0.337 e. The molecule has 0 bridgehead atoms. The number of rotatable bonds is 6. The van der Waals surface area contributed by atoms with E-state index in [4.69, 9.17) is 4.74 Å². The van der Waals surface area contributed by atoms with Gasteiger partial charge in [0, 0.05) is 24.7 Å². The van der Waals surface area contributed by atoms with Crippen molar-refractivity contribution in [1.29, 1.82) is 0 Å². The van der Waals surface area contributed by atoms with Gasteiger partial charge in [0.15, 0.2) is 0 Å². The van der Waals surface area contributed by atoms with Crippen molar-refractivity contribution >= 4 is 29.3 Å². The Morgan fingerprint density at radius 3 is 2.68 bits per heavy atom. The summed E-state index contributed by atoms with van der Waals surface area (Å²) in [5, 5.41) is 11.9. The average molecular weight is 378 g/mol. The second kappa shape index (κ2) is 8.90. The third-order valence-corrected chi connectivity index (χ3v) is 4.45. The summed E-state index contributed by atoms with van der Waals surface area (Å²) in [6.45, 7) is 1.65. The average Bonchev–Trinajstić information content (AvgIpc) is 2.72.